The summed E-state index contributed by atoms with van der Waals surface area (Å²) in [6.07, 6.45) is 6.22. The van der Waals surface area contributed by atoms with Crippen LogP contribution in [0.4, 0.5) is 0 Å². The van der Waals surface area contributed by atoms with Gasteiger partial charge in [0.2, 0.25) is 5.91 Å². The Balaban J connectivity index is 1.58. The second-order valence-electron chi connectivity index (χ2n) is 8.87. The summed E-state index contributed by atoms with van der Waals surface area (Å²) in [6.45, 7) is 8.41. The fourth-order valence-corrected chi connectivity index (χ4v) is 4.31. The van der Waals surface area contributed by atoms with E-state index in [0.717, 1.165) is 30.7 Å². The minimum atomic E-state index is -0.904. The van der Waals surface area contributed by atoms with Crippen LogP contribution in [-0.4, -0.2) is 62.4 Å². The van der Waals surface area contributed by atoms with Crippen LogP contribution in [0.25, 0.3) is 0 Å². The zero-order chi connectivity index (χ0) is 20.3. The number of aliphatic hydroxyl groups excluding tert-OH is 1. The fourth-order valence-electron chi connectivity index (χ4n) is 4.31. The van der Waals surface area contributed by atoms with Gasteiger partial charge in [-0.05, 0) is 43.9 Å². The molecule has 3 heterocycles. The van der Waals surface area contributed by atoms with Gasteiger partial charge in [0.05, 0.1) is 24.1 Å². The summed E-state index contributed by atoms with van der Waals surface area (Å²) in [5, 5.41) is 10.1. The van der Waals surface area contributed by atoms with Gasteiger partial charge in [0.1, 0.15) is 6.10 Å². The van der Waals surface area contributed by atoms with Gasteiger partial charge < -0.3 is 14.9 Å². The van der Waals surface area contributed by atoms with E-state index in [2.05, 4.69) is 9.97 Å². The molecular formula is C21H32N4O3. The molecule has 0 aromatic carbocycles. The Kier molecular flexibility index (Phi) is 6.33. The van der Waals surface area contributed by atoms with Gasteiger partial charge in [-0.15, -0.1) is 0 Å². The highest BCUT2D eigenvalue weighted by Crippen LogP contribution is 2.40. The molecule has 3 rings (SSSR count). The smallest absolute Gasteiger partial charge is 0.251 e. The van der Waals surface area contributed by atoms with Crippen molar-refractivity contribution in [3.05, 3.63) is 23.8 Å². The lowest BCUT2D eigenvalue weighted by molar-refractivity contribution is -0.147. The molecule has 2 amide bonds. The van der Waals surface area contributed by atoms with Crippen molar-refractivity contribution in [3.8, 4) is 0 Å². The molecule has 28 heavy (non-hydrogen) atoms. The number of aryl methyl sites for hydroxylation is 1. The number of hydrogen-bond donors (Lipinski definition) is 1. The molecule has 2 saturated heterocycles. The zero-order valence-electron chi connectivity index (χ0n) is 17.2. The average molecular weight is 389 g/mol. The Morgan fingerprint density at radius 3 is 2.54 bits per heavy atom. The summed E-state index contributed by atoms with van der Waals surface area (Å²) in [5.41, 5.74) is 1.73. The third-order valence-electron chi connectivity index (χ3n) is 6.05. The maximum atomic E-state index is 12.5. The number of nitrogens with zero attached hydrogens (tertiary/aromatic N) is 4. The van der Waals surface area contributed by atoms with Gasteiger partial charge in [-0.25, -0.2) is 0 Å². The Bertz CT molecular complexity index is 696. The number of piperidine rings is 2. The van der Waals surface area contributed by atoms with Gasteiger partial charge in [0.25, 0.3) is 5.91 Å². The molecule has 2 aliphatic heterocycles. The van der Waals surface area contributed by atoms with Crippen LogP contribution in [0.15, 0.2) is 12.4 Å². The van der Waals surface area contributed by atoms with E-state index >= 15 is 0 Å². The molecule has 1 atom stereocenters. The molecule has 2 fully saturated rings. The summed E-state index contributed by atoms with van der Waals surface area (Å²) in [4.78, 5) is 37.3. The van der Waals surface area contributed by atoms with Crippen LogP contribution in [0.5, 0.6) is 0 Å². The Morgan fingerprint density at radius 2 is 1.93 bits per heavy atom. The standard InChI is InChI=1S/C21H32N4O3/c1-15(2)10-18(26)20(28)24-8-6-21(7-9-24)5-4-19(27)25(14-21)13-17-12-22-16(3)11-23-17/h11-12,15,18,26H,4-10,13-14H2,1-3H3/t18-/m1/s1. The minimum Gasteiger partial charge on any atom is -0.383 e. The molecule has 1 aromatic rings. The van der Waals surface area contributed by atoms with Gasteiger partial charge in [-0.1, -0.05) is 13.8 Å². The van der Waals surface area contributed by atoms with Crippen molar-refractivity contribution in [2.75, 3.05) is 19.6 Å². The number of carbonyl (C=O) groups is 2. The first-order valence-electron chi connectivity index (χ1n) is 10.3. The summed E-state index contributed by atoms with van der Waals surface area (Å²) in [7, 11) is 0. The van der Waals surface area contributed by atoms with E-state index in [1.165, 1.54) is 0 Å². The summed E-state index contributed by atoms with van der Waals surface area (Å²) in [6, 6.07) is 0. The van der Waals surface area contributed by atoms with Crippen molar-refractivity contribution in [2.45, 2.75) is 65.5 Å². The van der Waals surface area contributed by atoms with E-state index in [9.17, 15) is 14.7 Å². The lowest BCUT2D eigenvalue weighted by atomic mass is 9.72. The molecule has 0 radical (unpaired) electrons. The molecule has 1 aromatic heterocycles. The number of rotatable bonds is 5. The highest BCUT2D eigenvalue weighted by molar-refractivity contribution is 5.81. The molecule has 0 aliphatic carbocycles. The van der Waals surface area contributed by atoms with E-state index in [0.29, 0.717) is 39.0 Å². The quantitative estimate of drug-likeness (QED) is 0.833. The normalized spacial score (nSPS) is 20.7. The minimum absolute atomic E-state index is 0.0613. The number of aromatic nitrogens is 2. The highest BCUT2D eigenvalue weighted by Gasteiger charge is 2.42. The molecule has 1 N–H and O–H groups in total. The first kappa shape index (κ1) is 20.7. The average Bonchev–Trinajstić information content (AvgIpc) is 2.66. The molecular weight excluding hydrogens is 356 g/mol. The van der Waals surface area contributed by atoms with Crippen LogP contribution in [0.1, 0.15) is 57.3 Å². The van der Waals surface area contributed by atoms with Crippen molar-refractivity contribution in [1.29, 1.82) is 0 Å². The number of carbonyl (C=O) groups excluding carboxylic acids is 2. The zero-order valence-corrected chi connectivity index (χ0v) is 17.2. The van der Waals surface area contributed by atoms with Crippen LogP contribution in [0, 0.1) is 18.3 Å². The second-order valence-corrected chi connectivity index (χ2v) is 8.87. The molecule has 0 saturated carbocycles. The largest absolute Gasteiger partial charge is 0.383 e. The third kappa shape index (κ3) is 4.87. The molecule has 0 bridgehead atoms. The van der Waals surface area contributed by atoms with Crippen LogP contribution in [0.2, 0.25) is 0 Å². The van der Waals surface area contributed by atoms with Gasteiger partial charge >= 0.3 is 0 Å². The van der Waals surface area contributed by atoms with Crippen molar-refractivity contribution in [2.24, 2.45) is 11.3 Å². The van der Waals surface area contributed by atoms with E-state index < -0.39 is 6.10 Å². The monoisotopic (exact) mass is 388 g/mol. The van der Waals surface area contributed by atoms with E-state index in [4.69, 9.17) is 0 Å². The fraction of sp³-hybridized carbons (Fsp3) is 0.714. The first-order chi connectivity index (χ1) is 13.3. The third-order valence-corrected chi connectivity index (χ3v) is 6.05. The van der Waals surface area contributed by atoms with Crippen molar-refractivity contribution in [1.82, 2.24) is 19.8 Å². The summed E-state index contributed by atoms with van der Waals surface area (Å²) < 4.78 is 0. The van der Waals surface area contributed by atoms with E-state index in [-0.39, 0.29) is 23.1 Å². The maximum Gasteiger partial charge on any atom is 0.251 e. The Morgan fingerprint density at radius 1 is 1.21 bits per heavy atom. The van der Waals surface area contributed by atoms with Crippen LogP contribution in [0.3, 0.4) is 0 Å². The lowest BCUT2D eigenvalue weighted by Crippen LogP contribution is -2.53. The molecule has 7 heteroatoms. The van der Waals surface area contributed by atoms with Gasteiger partial charge in [-0.3, -0.25) is 19.6 Å². The number of amides is 2. The number of aliphatic hydroxyl groups is 1. The SMILES string of the molecule is Cc1cnc(CN2CC3(CCC2=O)CCN(C(=O)[C@H](O)CC(C)C)CC3)cn1. The molecule has 7 nitrogen and oxygen atoms in total. The Labute approximate surface area is 167 Å². The lowest BCUT2D eigenvalue weighted by Gasteiger charge is -2.47. The second kappa shape index (κ2) is 8.55. The van der Waals surface area contributed by atoms with E-state index in [1.807, 2.05) is 25.7 Å². The summed E-state index contributed by atoms with van der Waals surface area (Å²) >= 11 is 0. The molecule has 154 valence electrons. The maximum absolute atomic E-state index is 12.5. The van der Waals surface area contributed by atoms with Gasteiger partial charge in [0, 0.05) is 32.3 Å². The predicted octanol–water partition coefficient (Wildman–Crippen LogP) is 1.92. The van der Waals surface area contributed by atoms with Crippen LogP contribution < -0.4 is 0 Å². The van der Waals surface area contributed by atoms with Crippen molar-refractivity contribution in [3.63, 3.8) is 0 Å². The van der Waals surface area contributed by atoms with Gasteiger partial charge in [0.15, 0.2) is 0 Å². The molecule has 2 aliphatic rings. The number of likely N-dealkylation sites (tertiary alicyclic amines) is 2. The first-order valence-corrected chi connectivity index (χ1v) is 10.3. The molecule has 1 spiro atoms. The van der Waals surface area contributed by atoms with Crippen LogP contribution in [-0.2, 0) is 16.1 Å². The van der Waals surface area contributed by atoms with Gasteiger partial charge in [-0.2, -0.15) is 0 Å². The number of hydrogen-bond acceptors (Lipinski definition) is 5. The van der Waals surface area contributed by atoms with E-state index in [1.54, 1.807) is 17.3 Å². The van der Waals surface area contributed by atoms with Crippen molar-refractivity contribution < 1.29 is 14.7 Å². The Hall–Kier alpha value is -2.02. The highest BCUT2D eigenvalue weighted by atomic mass is 16.3. The summed E-state index contributed by atoms with van der Waals surface area (Å²) in [5.74, 6) is 0.305. The predicted molar refractivity (Wildman–Crippen MR) is 105 cm³/mol. The van der Waals surface area contributed by atoms with Crippen molar-refractivity contribution >= 4 is 11.8 Å². The van der Waals surface area contributed by atoms with Crippen LogP contribution >= 0.6 is 0 Å². The topological polar surface area (TPSA) is 86.6 Å². The molecule has 0 unspecified atom stereocenters.